The van der Waals surface area contributed by atoms with Crippen LogP contribution < -0.4 is 0 Å². The predicted octanol–water partition coefficient (Wildman–Crippen LogP) is 22.0. The summed E-state index contributed by atoms with van der Waals surface area (Å²) in [4.78, 5) is 109. The van der Waals surface area contributed by atoms with Gasteiger partial charge in [0.1, 0.15) is 52.4 Å². The van der Waals surface area contributed by atoms with Crippen molar-refractivity contribution >= 4 is 53.7 Å². The zero-order valence-electron chi connectivity index (χ0n) is 85.8. The van der Waals surface area contributed by atoms with Crippen molar-refractivity contribution in [3.8, 4) is 0 Å². The van der Waals surface area contributed by atoms with Crippen molar-refractivity contribution in [1.29, 1.82) is 0 Å². The van der Waals surface area contributed by atoms with E-state index >= 15 is 0 Å². The number of fused-ring (bicyclic) bond motifs is 4. The molecule has 21 aliphatic rings. The Morgan fingerprint density at radius 3 is 1.08 bits per heavy atom. The lowest BCUT2D eigenvalue weighted by molar-refractivity contribution is -0.264. The van der Waals surface area contributed by atoms with Gasteiger partial charge in [0.05, 0.1) is 66.5 Å². The van der Waals surface area contributed by atoms with Gasteiger partial charge in [-0.25, -0.2) is 0 Å². The molecule has 0 aromatic carbocycles. The van der Waals surface area contributed by atoms with Crippen LogP contribution in [0.5, 0.6) is 0 Å². The van der Waals surface area contributed by atoms with Gasteiger partial charge < -0.3 is 58.0 Å². The van der Waals surface area contributed by atoms with Crippen LogP contribution in [-0.4, -0.2) is 138 Å². The number of ether oxygens (including phenoxy) is 9. The Balaban J connectivity index is 0.000000137. The largest absolute Gasteiger partial charge is 0.459 e. The first-order valence-corrected chi connectivity index (χ1v) is 52.2. The Hall–Kier alpha value is -4.89. The highest BCUT2D eigenvalue weighted by molar-refractivity contribution is 5.81. The number of carbonyl (C=O) groups excluding carboxylic acids is 9. The van der Waals surface area contributed by atoms with Gasteiger partial charge in [-0.05, 0) is 383 Å². The van der Waals surface area contributed by atoms with Crippen LogP contribution >= 0.6 is 0 Å². The Bertz CT molecular complexity index is 3930. The summed E-state index contributed by atoms with van der Waals surface area (Å²) in [5.41, 5.74) is -6.89. The predicted molar refractivity (Wildman–Crippen MR) is 498 cm³/mol. The molecule has 0 aromatic heterocycles. The van der Waals surface area contributed by atoms with Gasteiger partial charge in [0, 0.05) is 55.3 Å². The van der Waals surface area contributed by atoms with Crippen molar-refractivity contribution in [2.24, 2.45) is 144 Å². The molecule has 0 spiro atoms. The molecule has 17 atom stereocenters. The summed E-state index contributed by atoms with van der Waals surface area (Å²) in [6.45, 7) is 54.2. The molecule has 21 fully saturated rings. The van der Waals surface area contributed by atoms with E-state index in [1.54, 1.807) is 0 Å². The molecule has 2 saturated heterocycles. The van der Waals surface area contributed by atoms with E-state index in [0.29, 0.717) is 84.9 Å². The molecular weight excluding hydrogens is 1650 g/mol. The zero-order valence-corrected chi connectivity index (χ0v) is 85.8. The molecule has 3 N–H and O–H groups in total. The summed E-state index contributed by atoms with van der Waals surface area (Å²) in [6, 6.07) is 0. The van der Waals surface area contributed by atoms with Gasteiger partial charge in [-0.15, -0.1) is 0 Å². The normalized spacial score (nSPS) is 39.5. The molecule has 18 bridgehead atoms. The van der Waals surface area contributed by atoms with Crippen molar-refractivity contribution in [3.63, 3.8) is 0 Å². The molecule has 17 unspecified atom stereocenters. The summed E-state index contributed by atoms with van der Waals surface area (Å²) in [7, 11) is 0. The summed E-state index contributed by atoms with van der Waals surface area (Å²) in [5.74, 6) is 8.68. The first-order valence-electron chi connectivity index (χ1n) is 52.2. The van der Waals surface area contributed by atoms with Gasteiger partial charge in [-0.1, -0.05) is 74.7 Å². The monoisotopic (exact) mass is 1820 g/mol. The maximum atomic E-state index is 12.5. The first-order chi connectivity index (χ1) is 60.0. The Labute approximate surface area is 782 Å². The second-order valence-electron chi connectivity index (χ2n) is 52.1. The van der Waals surface area contributed by atoms with Crippen LogP contribution in [-0.2, 0) is 85.8 Å². The molecule has 21 rings (SSSR count). The second kappa shape index (κ2) is 37.8. The quantitative estimate of drug-likeness (QED) is 0.0632. The van der Waals surface area contributed by atoms with Crippen molar-refractivity contribution in [3.05, 3.63) is 0 Å². The van der Waals surface area contributed by atoms with Crippen LogP contribution in [0.25, 0.3) is 0 Å². The molecule has 0 amide bonds. The van der Waals surface area contributed by atoms with E-state index in [0.717, 1.165) is 145 Å². The minimum atomic E-state index is -0.842. The summed E-state index contributed by atoms with van der Waals surface area (Å²) < 4.78 is 51.8. The van der Waals surface area contributed by atoms with Crippen LogP contribution in [0.3, 0.4) is 0 Å². The number of rotatable bonds is 23. The minimum Gasteiger partial charge on any atom is -0.459 e. The lowest BCUT2D eigenvalue weighted by atomic mass is 9.50. The van der Waals surface area contributed by atoms with E-state index in [1.165, 1.54) is 89.9 Å². The van der Waals surface area contributed by atoms with Gasteiger partial charge in [0.15, 0.2) is 0 Å². The van der Waals surface area contributed by atoms with Gasteiger partial charge in [0.25, 0.3) is 0 Å². The fraction of sp³-hybridized carbons (Fsp3) is 0.917. The Morgan fingerprint density at radius 1 is 0.346 bits per heavy atom. The van der Waals surface area contributed by atoms with Crippen molar-refractivity contribution in [2.75, 3.05) is 0 Å². The van der Waals surface area contributed by atoms with E-state index in [4.69, 9.17) is 42.6 Å². The summed E-state index contributed by atoms with van der Waals surface area (Å²) in [5, 5.41) is 32.0. The highest BCUT2D eigenvalue weighted by atomic mass is 16.6. The van der Waals surface area contributed by atoms with Gasteiger partial charge in [-0.2, -0.15) is 0 Å². The molecule has 21 heteroatoms. The highest BCUT2D eigenvalue weighted by Crippen LogP contribution is 2.65. The lowest BCUT2D eigenvalue weighted by Crippen LogP contribution is -2.67. The second-order valence-corrected chi connectivity index (χ2v) is 52.1. The first kappa shape index (κ1) is 104. The smallest absolute Gasteiger partial charge is 0.312 e. The van der Waals surface area contributed by atoms with Crippen LogP contribution in [0.1, 0.15) is 418 Å². The molecule has 2 heterocycles. The van der Waals surface area contributed by atoms with Gasteiger partial charge in [0.2, 0.25) is 0 Å². The van der Waals surface area contributed by atoms with Crippen LogP contribution in [0.4, 0.5) is 0 Å². The van der Waals surface area contributed by atoms with Crippen LogP contribution in [0.15, 0.2) is 0 Å². The number of carbonyl (C=O) groups is 9. The third kappa shape index (κ3) is 22.0. The summed E-state index contributed by atoms with van der Waals surface area (Å²) >= 11 is 0. The molecule has 19 aliphatic carbocycles. The van der Waals surface area contributed by atoms with E-state index in [1.807, 2.05) is 138 Å². The Morgan fingerprint density at radius 2 is 0.700 bits per heavy atom. The zero-order chi connectivity index (χ0) is 96.2. The lowest BCUT2D eigenvalue weighted by Gasteiger charge is -2.62. The molecule has 0 aromatic rings. The van der Waals surface area contributed by atoms with Gasteiger partial charge in [-0.3, -0.25) is 43.2 Å². The fourth-order valence-electron chi connectivity index (χ4n) is 27.6. The van der Waals surface area contributed by atoms with Gasteiger partial charge >= 0.3 is 53.7 Å². The minimum absolute atomic E-state index is 0.0185. The average Bonchev–Trinajstić information content (AvgIpc) is 1.16. The third-order valence-corrected chi connectivity index (χ3v) is 38.3. The molecule has 740 valence electrons. The summed E-state index contributed by atoms with van der Waals surface area (Å²) in [6.07, 6.45) is 34.7. The Kier molecular flexibility index (Phi) is 30.2. The number of esters is 9. The third-order valence-electron chi connectivity index (χ3n) is 38.3. The van der Waals surface area contributed by atoms with Crippen LogP contribution in [0.2, 0.25) is 0 Å². The molecule has 0 radical (unpaired) electrons. The SMILES string of the molecule is CCC(C)(C)C(=O)OC(C)(C)C1CC2CCC1C2.CCC(C)(C)C(=O)OC(C)(C)C1CCC(C)CC1.CCC(C)(C)C(=O)OC1(C)C2CC3CC(C2)CC1C3.CCC(C)(C)C(=O)OC12CC3CC(CC(O)(C3)C1)C2.CCC(C)(C)C(=O)OC12CC3CC(O)(CC(O)(C3)C1)C2.CCC(C)(C)C(=O)OC1C2CC3C(=O)OC1C3C2.CCC(C)(C)C(=O)OC1C2CC3C(=O)OC1C3C2. The van der Waals surface area contributed by atoms with E-state index in [2.05, 4.69) is 48.5 Å². The van der Waals surface area contributed by atoms with E-state index in [9.17, 15) is 58.5 Å². The topological polar surface area (TPSA) is 297 Å². The molecule has 21 nitrogen and oxygen atoms in total. The van der Waals surface area contributed by atoms with Crippen LogP contribution in [0, 0.1) is 144 Å². The number of hydrogen-bond donors (Lipinski definition) is 3. The van der Waals surface area contributed by atoms with Crippen molar-refractivity contribution in [1.82, 2.24) is 0 Å². The highest BCUT2D eigenvalue weighted by Gasteiger charge is 2.68. The molecule has 2 aliphatic heterocycles. The average molecular weight is 1820 g/mol. The molecular formula is C109H178O21. The van der Waals surface area contributed by atoms with E-state index in [-0.39, 0.29) is 135 Å². The fourth-order valence-corrected chi connectivity index (χ4v) is 27.6. The maximum Gasteiger partial charge on any atom is 0.312 e. The van der Waals surface area contributed by atoms with Crippen molar-refractivity contribution in [2.45, 2.75) is 487 Å². The molecule has 19 saturated carbocycles. The standard InChI is InChI=1S/C17H28O2.C16H26O4.C16H26O3.C16H28O2.C16H30O2.2C14H20O4/c1-5-16(2,3)15(18)19-17(4)13-7-11-6-12(9-13)10-14(17)8-11;1-4-13(2,3)12(17)20-16-7-11-5-14(18,9-16)8-15(19,6-11)10-16;1-4-14(2,3)13(17)19-16-8-11-5-12(9-16)7-15(18,6-11)10-16;1-6-15(2,3)14(17)18-16(4,5)13-10-11-7-8-12(13)9-11;1-7-15(3,4)14(17)18-16(5,6)13-10-8-12(2)9-11-13;2*1-4-14(2,3)13(16)18-10-7-5-8-9(6-7)12(15)17-11(8)10/h11-14H,5-10H2,1-4H3;11,18-19H,4-10H2,1-3H3;11-12,18H,4-10H2,1-3H3;11-13H,6-10H2,1-5H3;12-13H,7-11H2,1-6H3;2*7-11H,4-6H2,1-3H3. The van der Waals surface area contributed by atoms with E-state index < -0.39 is 44.1 Å². The molecule has 130 heavy (non-hydrogen) atoms. The number of aliphatic hydroxyl groups is 3. The van der Waals surface area contributed by atoms with Crippen molar-refractivity contribution < 1.29 is 101 Å². The number of hydrogen-bond acceptors (Lipinski definition) is 21. The maximum absolute atomic E-state index is 12.5.